The molecule has 0 spiro atoms. The van der Waals surface area contributed by atoms with Crippen molar-refractivity contribution in [2.24, 2.45) is 0 Å². The fraction of sp³-hybridized carbons (Fsp3) is 0.250. The van der Waals surface area contributed by atoms with Gasteiger partial charge in [0, 0.05) is 23.6 Å². The first-order valence-corrected chi connectivity index (χ1v) is 13.1. The summed E-state index contributed by atoms with van der Waals surface area (Å²) in [6.45, 7) is 0.407. The van der Waals surface area contributed by atoms with Gasteiger partial charge < -0.3 is 19.8 Å². The number of carbonyl (C=O) groups excluding carboxylic acids is 2. The number of benzene rings is 2. The number of ether oxygens (including phenoxy) is 1. The number of nitrogens with zero attached hydrogens (tertiary/aromatic N) is 3. The molecule has 9 nitrogen and oxygen atoms in total. The number of hydrogen-bond acceptors (Lipinski definition) is 8. The van der Waals surface area contributed by atoms with E-state index in [-0.39, 0.29) is 24.1 Å². The lowest BCUT2D eigenvalue weighted by atomic mass is 10.2. The molecule has 2 aromatic heterocycles. The zero-order valence-electron chi connectivity index (χ0n) is 18.9. The number of anilines is 1. The Hall–Kier alpha value is -3.44. The molecule has 1 aliphatic heterocycles. The highest BCUT2D eigenvalue weighted by molar-refractivity contribution is 7.99. The normalized spacial score (nSPS) is 12.5. The zero-order chi connectivity index (χ0) is 24.2. The van der Waals surface area contributed by atoms with Crippen LogP contribution in [-0.2, 0) is 34.2 Å². The monoisotopic (exact) mass is 509 g/mol. The molecule has 1 aliphatic rings. The Bertz CT molecular complexity index is 1330. The predicted octanol–water partition coefficient (Wildman–Crippen LogP) is 3.83. The van der Waals surface area contributed by atoms with E-state index in [9.17, 15) is 9.59 Å². The van der Waals surface area contributed by atoms with Crippen LogP contribution in [0.5, 0.6) is 5.75 Å². The van der Waals surface area contributed by atoms with Crippen LogP contribution in [0, 0.1) is 0 Å². The average Bonchev–Trinajstić information content (AvgIpc) is 3.58. The Morgan fingerprint density at radius 1 is 1.14 bits per heavy atom. The van der Waals surface area contributed by atoms with E-state index in [0.717, 1.165) is 39.6 Å². The number of methoxy groups -OCH3 is 1. The minimum Gasteiger partial charge on any atom is -0.497 e. The van der Waals surface area contributed by atoms with Crippen molar-refractivity contribution < 1.29 is 18.7 Å². The molecule has 3 heterocycles. The number of thioether (sulfide) groups is 2. The summed E-state index contributed by atoms with van der Waals surface area (Å²) in [7, 11) is 1.61. The molecule has 0 bridgehead atoms. The van der Waals surface area contributed by atoms with Crippen LogP contribution in [0.25, 0.3) is 11.1 Å². The molecule has 5 rings (SSSR count). The maximum Gasteiger partial charge on any atom is 0.257 e. The van der Waals surface area contributed by atoms with Crippen molar-refractivity contribution >= 4 is 52.3 Å². The van der Waals surface area contributed by atoms with Crippen LogP contribution in [0.15, 0.2) is 58.2 Å². The Kier molecular flexibility index (Phi) is 6.96. The maximum atomic E-state index is 12.7. The smallest absolute Gasteiger partial charge is 0.257 e. The number of amides is 2. The SMILES string of the molecule is COc1ccc(CNC(=O)Cn2nc3c(c2NC(=O)CSc2nc4ccccc4o2)CSC3)cc1. The molecule has 2 aromatic carbocycles. The topological polar surface area (TPSA) is 111 Å². The van der Waals surface area contributed by atoms with Crippen LogP contribution in [-0.4, -0.2) is 39.4 Å². The summed E-state index contributed by atoms with van der Waals surface area (Å²) in [6, 6.07) is 15.0. The Balaban J connectivity index is 1.20. The highest BCUT2D eigenvalue weighted by Crippen LogP contribution is 2.35. The first-order chi connectivity index (χ1) is 17.1. The number of para-hydroxylation sites is 2. The van der Waals surface area contributed by atoms with E-state index >= 15 is 0 Å². The van der Waals surface area contributed by atoms with E-state index in [1.165, 1.54) is 11.8 Å². The van der Waals surface area contributed by atoms with Crippen LogP contribution in [0.1, 0.15) is 16.8 Å². The minimum atomic E-state index is -0.211. The molecule has 2 N–H and O–H groups in total. The van der Waals surface area contributed by atoms with Crippen molar-refractivity contribution in [3.63, 3.8) is 0 Å². The first kappa shape index (κ1) is 23.3. The molecule has 4 aromatic rings. The number of carbonyl (C=O) groups is 2. The van der Waals surface area contributed by atoms with Crippen molar-refractivity contribution in [1.29, 1.82) is 0 Å². The lowest BCUT2D eigenvalue weighted by Gasteiger charge is -2.11. The third-order valence-electron chi connectivity index (χ3n) is 5.42. The molecule has 0 unspecified atom stereocenters. The molecule has 0 atom stereocenters. The summed E-state index contributed by atoms with van der Waals surface area (Å²) in [6.07, 6.45) is 0. The van der Waals surface area contributed by atoms with Crippen molar-refractivity contribution in [2.75, 3.05) is 18.2 Å². The van der Waals surface area contributed by atoms with Crippen LogP contribution in [0.2, 0.25) is 0 Å². The number of nitrogens with one attached hydrogen (secondary N) is 2. The van der Waals surface area contributed by atoms with Crippen molar-refractivity contribution in [3.8, 4) is 5.75 Å². The molecule has 0 aliphatic carbocycles. The number of hydrogen-bond donors (Lipinski definition) is 2. The third kappa shape index (κ3) is 5.46. The van der Waals surface area contributed by atoms with Crippen molar-refractivity contribution in [2.45, 2.75) is 29.8 Å². The van der Waals surface area contributed by atoms with Crippen LogP contribution < -0.4 is 15.4 Å². The number of aromatic nitrogens is 3. The second kappa shape index (κ2) is 10.4. The van der Waals surface area contributed by atoms with E-state index in [4.69, 9.17) is 9.15 Å². The fourth-order valence-electron chi connectivity index (χ4n) is 3.66. The lowest BCUT2D eigenvalue weighted by molar-refractivity contribution is -0.122. The second-order valence-electron chi connectivity index (χ2n) is 7.83. The van der Waals surface area contributed by atoms with Crippen molar-refractivity contribution in [1.82, 2.24) is 20.1 Å². The Morgan fingerprint density at radius 3 is 2.77 bits per heavy atom. The summed E-state index contributed by atoms with van der Waals surface area (Å²) in [5, 5.41) is 10.9. The third-order valence-corrected chi connectivity index (χ3v) is 7.22. The molecule has 2 amide bonds. The van der Waals surface area contributed by atoms with Gasteiger partial charge in [0.05, 0.1) is 18.6 Å². The van der Waals surface area contributed by atoms with Crippen LogP contribution >= 0.6 is 23.5 Å². The molecule has 0 saturated heterocycles. The van der Waals surface area contributed by atoms with Gasteiger partial charge in [0.1, 0.15) is 23.6 Å². The van der Waals surface area contributed by atoms with Gasteiger partial charge in [0.25, 0.3) is 5.22 Å². The summed E-state index contributed by atoms with van der Waals surface area (Å²) >= 11 is 2.96. The van der Waals surface area contributed by atoms with Crippen LogP contribution in [0.3, 0.4) is 0 Å². The standard InChI is InChI=1S/C24H23N5O4S2/c1-32-16-8-6-15(7-9-16)10-25-21(30)11-29-23(17-12-34-13-19(17)28-29)27-22(31)14-35-24-26-18-4-2-3-5-20(18)33-24/h2-9H,10-14H2,1H3,(H,25,30)(H,27,31). The molecule has 0 saturated carbocycles. The van der Waals surface area contributed by atoms with E-state index in [2.05, 4.69) is 20.7 Å². The fourth-order valence-corrected chi connectivity index (χ4v) is 5.34. The molecular weight excluding hydrogens is 486 g/mol. The van der Waals surface area contributed by atoms with E-state index in [1.54, 1.807) is 23.6 Å². The number of rotatable bonds is 9. The molecular formula is C24H23N5O4S2. The van der Waals surface area contributed by atoms with Crippen LogP contribution in [0.4, 0.5) is 5.82 Å². The number of oxazole rings is 1. The van der Waals surface area contributed by atoms with Gasteiger partial charge in [-0.25, -0.2) is 9.67 Å². The Morgan fingerprint density at radius 2 is 1.97 bits per heavy atom. The van der Waals surface area contributed by atoms with E-state index in [1.807, 2.05) is 48.5 Å². The highest BCUT2D eigenvalue weighted by atomic mass is 32.2. The van der Waals surface area contributed by atoms with Gasteiger partial charge in [-0.05, 0) is 29.8 Å². The van der Waals surface area contributed by atoms with Gasteiger partial charge in [0.2, 0.25) is 11.8 Å². The summed E-state index contributed by atoms with van der Waals surface area (Å²) < 4.78 is 12.4. The summed E-state index contributed by atoms with van der Waals surface area (Å²) in [5.74, 6) is 2.57. The van der Waals surface area contributed by atoms with Gasteiger partial charge in [-0.2, -0.15) is 16.9 Å². The average molecular weight is 510 g/mol. The van der Waals surface area contributed by atoms with Gasteiger partial charge in [-0.15, -0.1) is 0 Å². The largest absolute Gasteiger partial charge is 0.497 e. The predicted molar refractivity (Wildman–Crippen MR) is 135 cm³/mol. The van der Waals surface area contributed by atoms with Crippen molar-refractivity contribution in [3.05, 3.63) is 65.4 Å². The van der Waals surface area contributed by atoms with Gasteiger partial charge in [-0.1, -0.05) is 36.0 Å². The number of fused-ring (bicyclic) bond motifs is 2. The molecule has 35 heavy (non-hydrogen) atoms. The quantitative estimate of drug-likeness (QED) is 0.328. The van der Waals surface area contributed by atoms with E-state index < -0.39 is 0 Å². The lowest BCUT2D eigenvalue weighted by Crippen LogP contribution is -2.29. The van der Waals surface area contributed by atoms with Gasteiger partial charge in [0.15, 0.2) is 5.58 Å². The molecule has 11 heteroatoms. The molecule has 0 fully saturated rings. The minimum absolute atomic E-state index is 0.0156. The maximum absolute atomic E-state index is 12.7. The summed E-state index contributed by atoms with van der Waals surface area (Å²) in [4.78, 5) is 29.8. The van der Waals surface area contributed by atoms with Gasteiger partial charge in [-0.3, -0.25) is 9.59 Å². The highest BCUT2D eigenvalue weighted by Gasteiger charge is 2.25. The van der Waals surface area contributed by atoms with Gasteiger partial charge >= 0.3 is 0 Å². The zero-order valence-corrected chi connectivity index (χ0v) is 20.6. The van der Waals surface area contributed by atoms with E-state index in [0.29, 0.717) is 23.2 Å². The molecule has 0 radical (unpaired) electrons. The first-order valence-electron chi connectivity index (χ1n) is 10.9. The summed E-state index contributed by atoms with van der Waals surface area (Å²) in [5.41, 5.74) is 4.27. The second-order valence-corrected chi connectivity index (χ2v) is 9.75. The Labute approximate surface area is 210 Å². The molecule has 180 valence electrons.